The number of halogens is 1. The van der Waals surface area contributed by atoms with Crippen LogP contribution in [0.15, 0.2) is 28.8 Å². The highest BCUT2D eigenvalue weighted by molar-refractivity contribution is 5.35. The molecule has 0 saturated heterocycles. The first-order valence-electron chi connectivity index (χ1n) is 5.59. The summed E-state index contributed by atoms with van der Waals surface area (Å²) in [5.41, 5.74) is 1.06. The minimum Gasteiger partial charge on any atom is -0.487 e. The van der Waals surface area contributed by atoms with Crippen LogP contribution in [-0.4, -0.2) is 10.3 Å². The van der Waals surface area contributed by atoms with Crippen LogP contribution in [0.2, 0.25) is 0 Å². The molecule has 1 aromatic heterocycles. The van der Waals surface area contributed by atoms with E-state index < -0.39 is 11.9 Å². The molecule has 96 valence electrons. The third kappa shape index (κ3) is 2.87. The molecule has 0 saturated carbocycles. The molecule has 0 fully saturated rings. The second-order valence-corrected chi connectivity index (χ2v) is 4.08. The Morgan fingerprint density at radius 1 is 1.44 bits per heavy atom. The maximum absolute atomic E-state index is 13.1. The normalized spacial score (nSPS) is 12.4. The number of aliphatic hydroxyl groups excluding tert-OH is 1. The fourth-order valence-electron chi connectivity index (χ4n) is 1.61. The van der Waals surface area contributed by atoms with Gasteiger partial charge in [0.2, 0.25) is 0 Å². The van der Waals surface area contributed by atoms with Crippen molar-refractivity contribution in [1.29, 1.82) is 0 Å². The smallest absolute Gasteiger partial charge is 0.134 e. The van der Waals surface area contributed by atoms with Crippen molar-refractivity contribution in [2.75, 3.05) is 0 Å². The van der Waals surface area contributed by atoms with Crippen LogP contribution in [-0.2, 0) is 6.61 Å². The fraction of sp³-hybridized carbons (Fsp3) is 0.308. The molecule has 1 aromatic carbocycles. The summed E-state index contributed by atoms with van der Waals surface area (Å²) in [5, 5.41) is 13.3. The first kappa shape index (κ1) is 12.6. The van der Waals surface area contributed by atoms with E-state index in [4.69, 9.17) is 9.26 Å². The van der Waals surface area contributed by atoms with Crippen LogP contribution in [0, 0.1) is 12.7 Å². The Hall–Kier alpha value is -1.88. The van der Waals surface area contributed by atoms with Gasteiger partial charge in [-0.25, -0.2) is 4.39 Å². The van der Waals surface area contributed by atoms with Crippen LogP contribution in [0.5, 0.6) is 5.75 Å². The Morgan fingerprint density at radius 3 is 2.83 bits per heavy atom. The highest BCUT2D eigenvalue weighted by Gasteiger charge is 2.11. The first-order chi connectivity index (χ1) is 8.56. The van der Waals surface area contributed by atoms with Gasteiger partial charge in [-0.3, -0.25) is 0 Å². The van der Waals surface area contributed by atoms with Crippen molar-refractivity contribution in [2.45, 2.75) is 26.6 Å². The number of rotatable bonds is 4. The second kappa shape index (κ2) is 5.18. The van der Waals surface area contributed by atoms with E-state index in [9.17, 15) is 9.50 Å². The summed E-state index contributed by atoms with van der Waals surface area (Å²) in [4.78, 5) is 0. The van der Waals surface area contributed by atoms with Crippen LogP contribution in [0.4, 0.5) is 4.39 Å². The van der Waals surface area contributed by atoms with Gasteiger partial charge in [-0.15, -0.1) is 0 Å². The standard InChI is InChI=1S/C13H14FNO3/c1-8-5-11(15-18-8)7-17-13-4-3-10(14)6-12(13)9(2)16/h3-6,9,16H,7H2,1-2H3/t9-/m1/s1. The van der Waals surface area contributed by atoms with Gasteiger partial charge in [-0.05, 0) is 32.0 Å². The van der Waals surface area contributed by atoms with Gasteiger partial charge in [-0.2, -0.15) is 0 Å². The van der Waals surface area contributed by atoms with E-state index in [-0.39, 0.29) is 6.61 Å². The number of aliphatic hydroxyl groups is 1. The number of nitrogens with zero attached hydrogens (tertiary/aromatic N) is 1. The van der Waals surface area contributed by atoms with Gasteiger partial charge < -0.3 is 14.4 Å². The molecule has 1 atom stereocenters. The van der Waals surface area contributed by atoms with Crippen molar-refractivity contribution in [2.24, 2.45) is 0 Å². The molecule has 0 radical (unpaired) electrons. The third-order valence-electron chi connectivity index (χ3n) is 2.47. The van der Waals surface area contributed by atoms with E-state index >= 15 is 0 Å². The quantitative estimate of drug-likeness (QED) is 0.907. The van der Waals surface area contributed by atoms with Crippen molar-refractivity contribution >= 4 is 0 Å². The van der Waals surface area contributed by atoms with Crippen molar-refractivity contribution in [1.82, 2.24) is 5.16 Å². The molecule has 0 spiro atoms. The molecular weight excluding hydrogens is 237 g/mol. The lowest BCUT2D eigenvalue weighted by molar-refractivity contribution is 0.189. The Balaban J connectivity index is 2.13. The molecule has 4 nitrogen and oxygen atoms in total. The molecule has 18 heavy (non-hydrogen) atoms. The van der Waals surface area contributed by atoms with Gasteiger partial charge in [-0.1, -0.05) is 5.16 Å². The number of benzene rings is 1. The molecule has 0 amide bonds. The van der Waals surface area contributed by atoms with Crippen LogP contribution in [0.3, 0.4) is 0 Å². The van der Waals surface area contributed by atoms with Crippen molar-refractivity contribution < 1.29 is 18.8 Å². The Morgan fingerprint density at radius 2 is 2.22 bits per heavy atom. The zero-order valence-electron chi connectivity index (χ0n) is 10.2. The van der Waals surface area contributed by atoms with E-state index in [1.807, 2.05) is 0 Å². The highest BCUT2D eigenvalue weighted by atomic mass is 19.1. The lowest BCUT2D eigenvalue weighted by Crippen LogP contribution is -2.01. The topological polar surface area (TPSA) is 55.5 Å². The molecule has 0 unspecified atom stereocenters. The van der Waals surface area contributed by atoms with Crippen LogP contribution in [0.1, 0.15) is 30.0 Å². The predicted octanol–water partition coefficient (Wildman–Crippen LogP) is 2.75. The minimum atomic E-state index is -0.797. The van der Waals surface area contributed by atoms with Gasteiger partial charge in [0.05, 0.1) is 6.10 Å². The average molecular weight is 251 g/mol. The highest BCUT2D eigenvalue weighted by Crippen LogP contribution is 2.26. The average Bonchev–Trinajstić information content (AvgIpc) is 2.73. The molecule has 0 aliphatic heterocycles. The number of aromatic nitrogens is 1. The first-order valence-corrected chi connectivity index (χ1v) is 5.59. The van der Waals surface area contributed by atoms with Crippen molar-refractivity contribution in [3.8, 4) is 5.75 Å². The van der Waals surface area contributed by atoms with Crippen LogP contribution in [0.25, 0.3) is 0 Å². The summed E-state index contributed by atoms with van der Waals surface area (Å²) >= 11 is 0. The lowest BCUT2D eigenvalue weighted by Gasteiger charge is -2.12. The molecular formula is C13H14FNO3. The monoisotopic (exact) mass is 251 g/mol. The summed E-state index contributed by atoms with van der Waals surface area (Å²) in [5.74, 6) is 0.728. The third-order valence-corrected chi connectivity index (χ3v) is 2.47. The Labute approximate surface area is 104 Å². The predicted molar refractivity (Wildman–Crippen MR) is 62.6 cm³/mol. The lowest BCUT2D eigenvalue weighted by atomic mass is 10.1. The molecule has 2 aromatic rings. The largest absolute Gasteiger partial charge is 0.487 e. The van der Waals surface area contributed by atoms with Crippen LogP contribution >= 0.6 is 0 Å². The molecule has 0 aliphatic rings. The van der Waals surface area contributed by atoms with Gasteiger partial charge >= 0.3 is 0 Å². The summed E-state index contributed by atoms with van der Waals surface area (Å²) in [6.45, 7) is 3.56. The Bertz CT molecular complexity index is 537. The number of aryl methyl sites for hydroxylation is 1. The van der Waals surface area contributed by atoms with Gasteiger partial charge in [0.15, 0.2) is 0 Å². The second-order valence-electron chi connectivity index (χ2n) is 4.08. The Kier molecular flexibility index (Phi) is 3.62. The van der Waals surface area contributed by atoms with Crippen molar-refractivity contribution in [3.05, 3.63) is 47.1 Å². The zero-order chi connectivity index (χ0) is 13.1. The fourth-order valence-corrected chi connectivity index (χ4v) is 1.61. The molecule has 5 heteroatoms. The van der Waals surface area contributed by atoms with E-state index in [0.29, 0.717) is 22.8 Å². The summed E-state index contributed by atoms with van der Waals surface area (Å²) < 4.78 is 23.5. The summed E-state index contributed by atoms with van der Waals surface area (Å²) in [6, 6.07) is 5.79. The van der Waals surface area contributed by atoms with E-state index in [2.05, 4.69) is 5.16 Å². The molecule has 2 rings (SSSR count). The van der Waals surface area contributed by atoms with E-state index in [1.165, 1.54) is 18.2 Å². The number of hydrogen-bond acceptors (Lipinski definition) is 4. The minimum absolute atomic E-state index is 0.211. The number of hydrogen-bond donors (Lipinski definition) is 1. The number of ether oxygens (including phenoxy) is 1. The zero-order valence-corrected chi connectivity index (χ0v) is 10.2. The van der Waals surface area contributed by atoms with Gasteiger partial charge in [0.25, 0.3) is 0 Å². The molecule has 0 aliphatic carbocycles. The maximum Gasteiger partial charge on any atom is 0.134 e. The molecule has 1 N–H and O–H groups in total. The van der Waals surface area contributed by atoms with Gasteiger partial charge in [0, 0.05) is 11.6 Å². The van der Waals surface area contributed by atoms with E-state index in [1.54, 1.807) is 19.9 Å². The van der Waals surface area contributed by atoms with Gasteiger partial charge in [0.1, 0.15) is 29.6 Å². The van der Waals surface area contributed by atoms with Crippen LogP contribution < -0.4 is 4.74 Å². The molecule has 0 bridgehead atoms. The molecule has 1 heterocycles. The maximum atomic E-state index is 13.1. The summed E-state index contributed by atoms with van der Waals surface area (Å²) in [6.07, 6.45) is -0.797. The summed E-state index contributed by atoms with van der Waals surface area (Å²) in [7, 11) is 0. The van der Waals surface area contributed by atoms with Crippen molar-refractivity contribution in [3.63, 3.8) is 0 Å². The SMILES string of the molecule is Cc1cc(COc2ccc(F)cc2[C@@H](C)O)no1. The van der Waals surface area contributed by atoms with E-state index in [0.717, 1.165) is 0 Å².